The first kappa shape index (κ1) is 91.5. The predicted molar refractivity (Wildman–Crippen MR) is 518 cm³/mol. The van der Waals surface area contributed by atoms with Gasteiger partial charge in [0.15, 0.2) is 34.9 Å². The summed E-state index contributed by atoms with van der Waals surface area (Å²) in [6.07, 6.45) is 18.1. The molecule has 5 aromatic carbocycles. The van der Waals surface area contributed by atoms with Gasteiger partial charge in [0, 0.05) is 93.7 Å². The number of aromatic nitrogens is 14. The van der Waals surface area contributed by atoms with E-state index in [1.54, 1.807) is 73.9 Å². The van der Waals surface area contributed by atoms with Crippen molar-refractivity contribution in [3.05, 3.63) is 267 Å². The Kier molecular flexibility index (Phi) is 27.6. The molecule has 37 heteroatoms. The minimum absolute atomic E-state index is 0.000349. The molecule has 0 radical (unpaired) electrons. The standard InChI is InChI=1S/C23H29N6O4P.C20H19N5O.C19H19N5O.C18H18N6O2.C18H17N5O/c1-3-32-34(31,33-4-2)14-8-12-28-13-11-25-23(28)21-26-20(24)18-15-19(30)29(22(18)27-21)16-17-9-6-5-7-10-17;21-18-15-9-17(26)25(11-12-4-2-1-3-5-12)20(15)24-19(23-18)14-8-16(22-10-14)13-6-7-13;1-2-12-4-3-5-13(8-12)11-24-16(25)9-15-17(20)22-18(23-19(15)24)14-6-7-21-10-14;19-16-13-10-15(26)24(11-12-4-2-1-3-5-12)18(13)21-17(20-16)14-6-7-23(22-14)8-9-25;1-11-8-20-9-14(11)17-21-16(19)13-7-15(24)23(18(13)22-17)10-12-5-3-2-4-6-12/h5-7,9-11,13H,3-4,8,12,14-16H2,1-2H3,(H2,24,26,27);1-5,8,13H,6-7,9-11H2,(H2,21,23,24);3-8H,2,9-11H2,1H3,(H2,20,22,23);1-7,25H,8-11H2,(H2,19,20,21);2-6,8H,7,9-10H2,1H3,(H2,19,21,22). The van der Waals surface area contributed by atoms with Gasteiger partial charge in [-0.15, -0.1) is 0 Å². The van der Waals surface area contributed by atoms with Crippen molar-refractivity contribution in [1.82, 2.24) is 69.2 Å². The van der Waals surface area contributed by atoms with E-state index in [0.29, 0.717) is 201 Å². The fourth-order valence-electron chi connectivity index (χ4n) is 16.7. The minimum atomic E-state index is -3.12. The topological polar surface area (TPSA) is 489 Å². The van der Waals surface area contributed by atoms with E-state index >= 15 is 0 Å². The third kappa shape index (κ3) is 20.8. The molecule has 1 saturated carbocycles. The lowest BCUT2D eigenvalue weighted by Crippen LogP contribution is -2.27. The Labute approximate surface area is 778 Å². The van der Waals surface area contributed by atoms with Gasteiger partial charge < -0.3 is 47.4 Å². The number of hydrogen-bond donors (Lipinski definition) is 6. The first-order valence-corrected chi connectivity index (χ1v) is 46.6. The van der Waals surface area contributed by atoms with E-state index in [4.69, 9.17) is 47.8 Å². The van der Waals surface area contributed by atoms with Crippen LogP contribution in [0.1, 0.15) is 126 Å². The highest BCUT2D eigenvalue weighted by atomic mass is 31.2. The van der Waals surface area contributed by atoms with Crippen LogP contribution in [0.15, 0.2) is 203 Å². The normalized spacial score (nSPS) is 15.3. The third-order valence-electron chi connectivity index (χ3n) is 23.8. The Morgan fingerprint density at radius 3 is 1.31 bits per heavy atom. The van der Waals surface area contributed by atoms with Gasteiger partial charge in [-0.05, 0) is 104 Å². The monoisotopic (exact) mass is 1830 g/mol. The van der Waals surface area contributed by atoms with Crippen LogP contribution in [0.25, 0.3) is 39.9 Å². The molecule has 12 aromatic rings. The molecule has 7 aromatic heterocycles. The van der Waals surface area contributed by atoms with Gasteiger partial charge in [0.2, 0.25) is 29.5 Å². The van der Waals surface area contributed by atoms with E-state index < -0.39 is 7.60 Å². The molecule has 21 rings (SSSR count). The number of nitrogens with zero attached hydrogens (tertiary/aromatic N) is 22. The van der Waals surface area contributed by atoms with Crippen LogP contribution in [0.3, 0.4) is 0 Å². The molecule has 135 heavy (non-hydrogen) atoms. The lowest BCUT2D eigenvalue weighted by atomic mass is 10.1. The number of aliphatic imine (C=N–C) groups is 3. The van der Waals surface area contributed by atoms with E-state index in [2.05, 4.69) is 95.0 Å². The number of aliphatic hydroxyl groups excluding tert-OH is 1. The molecule has 1 fully saturated rings. The average Bonchev–Trinajstić information content (AvgIpc) is 1.65. The molecule has 0 saturated heterocycles. The molecule has 36 nitrogen and oxygen atoms in total. The Morgan fingerprint density at radius 1 is 0.452 bits per heavy atom. The number of rotatable bonds is 27. The summed E-state index contributed by atoms with van der Waals surface area (Å²) in [4.78, 5) is 134. The fraction of sp³-hybridized carbons (Fsp3) is 0.286. The van der Waals surface area contributed by atoms with Crippen molar-refractivity contribution in [3.8, 4) is 23.2 Å². The van der Waals surface area contributed by atoms with E-state index in [1.807, 2.05) is 157 Å². The number of anilines is 10. The van der Waals surface area contributed by atoms with Crippen molar-refractivity contribution in [2.45, 2.75) is 131 Å². The molecule has 0 bridgehead atoms. The Morgan fingerprint density at radius 2 is 0.874 bits per heavy atom. The highest BCUT2D eigenvalue weighted by molar-refractivity contribution is 7.53. The van der Waals surface area contributed by atoms with Crippen LogP contribution in [0.4, 0.5) is 58.2 Å². The second-order valence-electron chi connectivity index (χ2n) is 33.2. The minimum Gasteiger partial charge on any atom is -0.394 e. The van der Waals surface area contributed by atoms with E-state index in [-0.39, 0.29) is 74.1 Å². The Balaban J connectivity index is 0.000000118. The number of hydrogen-bond acceptors (Lipinski definition) is 29. The number of carbonyl (C=O) groups is 5. The summed E-state index contributed by atoms with van der Waals surface area (Å²) in [6, 6.07) is 49.3. The largest absolute Gasteiger partial charge is 0.394 e. The van der Waals surface area contributed by atoms with Crippen LogP contribution in [-0.2, 0) is 122 Å². The molecule has 9 aliphatic rings. The number of aryl methyl sites for hydroxylation is 2. The van der Waals surface area contributed by atoms with Gasteiger partial charge in [-0.25, -0.2) is 54.8 Å². The molecule has 11 N–H and O–H groups in total. The maximum absolute atomic E-state index is 12.7. The van der Waals surface area contributed by atoms with Gasteiger partial charge in [-0.1, -0.05) is 153 Å². The van der Waals surface area contributed by atoms with E-state index in [0.717, 1.165) is 78.9 Å². The van der Waals surface area contributed by atoms with Gasteiger partial charge in [0.05, 0.1) is 117 Å². The highest BCUT2D eigenvalue weighted by Gasteiger charge is 2.40. The van der Waals surface area contributed by atoms with Gasteiger partial charge in [-0.2, -0.15) is 5.10 Å². The lowest BCUT2D eigenvalue weighted by Gasteiger charge is -2.18. The molecule has 8 aliphatic heterocycles. The van der Waals surface area contributed by atoms with Crippen molar-refractivity contribution in [2.75, 3.05) is 98.8 Å². The molecule has 1 aliphatic carbocycles. The summed E-state index contributed by atoms with van der Waals surface area (Å²) in [5, 5.41) is 13.4. The van der Waals surface area contributed by atoms with Gasteiger partial charge in [0.25, 0.3) is 0 Å². The zero-order valence-corrected chi connectivity index (χ0v) is 76.1. The molecular weight excluding hydrogens is 1730 g/mol. The number of benzene rings is 5. The lowest BCUT2D eigenvalue weighted by molar-refractivity contribution is -0.118. The number of imidazole rings is 1. The number of carbonyl (C=O) groups excluding carboxylic acids is 5. The van der Waals surface area contributed by atoms with Crippen molar-refractivity contribution in [3.63, 3.8) is 0 Å². The number of allylic oxidation sites excluding steroid dienone is 3. The second-order valence-corrected chi connectivity index (χ2v) is 35.4. The summed E-state index contributed by atoms with van der Waals surface area (Å²) in [5.41, 5.74) is 46.2. The van der Waals surface area contributed by atoms with Crippen molar-refractivity contribution >= 4 is 130 Å². The van der Waals surface area contributed by atoms with Crippen LogP contribution in [0.2, 0.25) is 0 Å². The summed E-state index contributed by atoms with van der Waals surface area (Å²) in [5.74, 6) is 8.12. The van der Waals surface area contributed by atoms with Crippen LogP contribution < -0.4 is 53.2 Å². The van der Waals surface area contributed by atoms with Crippen LogP contribution in [0, 0.1) is 5.92 Å². The van der Waals surface area contributed by atoms with E-state index in [9.17, 15) is 28.5 Å². The summed E-state index contributed by atoms with van der Waals surface area (Å²) < 4.78 is 27.0. The maximum atomic E-state index is 12.7. The van der Waals surface area contributed by atoms with Gasteiger partial charge >= 0.3 is 7.60 Å². The SMILES string of the molecule is CC1=C(c2nc(N)c3c(n2)N(Cc2ccccc2)C(=O)C3)CN=C1.CCOP(=O)(CCCn1ccnc1-c1nc(N)c2c(n1)N(Cc1ccccc1)C(=O)C2)OCC.CCc1cccc(CN2C(=O)Cc3c(N)nc(C4=CC=NC4)nc32)c1.Nc1nc(-c2ccn(CCO)n2)nc2c1CC(=O)N2Cc1ccccc1.Nc1nc(C2=CC(C3CC3)=NC2)nc2c1CC(=O)N2Cc1ccccc1. The van der Waals surface area contributed by atoms with Crippen molar-refractivity contribution in [1.29, 1.82) is 0 Å². The van der Waals surface area contributed by atoms with Crippen LogP contribution in [-0.4, -0.2) is 168 Å². The number of aliphatic hydroxyl groups is 1. The number of nitrogen functional groups attached to an aromatic ring is 5. The Bertz CT molecular complexity index is 6770. The smallest absolute Gasteiger partial charge is 0.330 e. The second kappa shape index (κ2) is 40.8. The van der Waals surface area contributed by atoms with Gasteiger partial charge in [-0.3, -0.25) is 72.7 Å². The van der Waals surface area contributed by atoms with Crippen molar-refractivity contribution < 1.29 is 42.7 Å². The molecule has 5 amide bonds. The zero-order valence-electron chi connectivity index (χ0n) is 75.2. The summed E-state index contributed by atoms with van der Waals surface area (Å²) in [7, 11) is -3.12. The molecule has 0 unspecified atom stereocenters. The first-order chi connectivity index (χ1) is 65.6. The molecule has 0 atom stereocenters. The fourth-order valence-corrected chi connectivity index (χ4v) is 18.3. The Hall–Kier alpha value is -15.4. The third-order valence-corrected chi connectivity index (χ3v) is 26.0. The average molecular weight is 1830 g/mol. The number of fused-ring (bicyclic) bond motifs is 5. The summed E-state index contributed by atoms with van der Waals surface area (Å²) >= 11 is 0. The highest BCUT2D eigenvalue weighted by Crippen LogP contribution is 2.49. The number of amides is 5. The van der Waals surface area contributed by atoms with Gasteiger partial charge in [0.1, 0.15) is 63.9 Å². The molecular formula is C98H102N27O9P. The zero-order chi connectivity index (χ0) is 94.0. The molecule has 0 spiro atoms. The van der Waals surface area contributed by atoms with Crippen LogP contribution >= 0.6 is 7.60 Å². The van der Waals surface area contributed by atoms with Crippen LogP contribution in [0.5, 0.6) is 0 Å². The van der Waals surface area contributed by atoms with E-state index in [1.165, 1.54) is 18.4 Å². The summed E-state index contributed by atoms with van der Waals surface area (Å²) in [6.45, 7) is 13.2. The number of nitrogens with two attached hydrogens (primary N) is 5. The van der Waals surface area contributed by atoms with Crippen molar-refractivity contribution in [2.24, 2.45) is 20.9 Å². The predicted octanol–water partition coefficient (Wildman–Crippen LogP) is 11.3. The maximum Gasteiger partial charge on any atom is 0.330 e. The first-order valence-electron chi connectivity index (χ1n) is 44.8. The quantitative estimate of drug-likeness (QED) is 0.0260. The molecule has 15 heterocycles. The molecule has 688 valence electrons.